The van der Waals surface area contributed by atoms with Crippen LogP contribution in [0.2, 0.25) is 0 Å². The van der Waals surface area contributed by atoms with E-state index in [1.54, 1.807) is 16.5 Å². The van der Waals surface area contributed by atoms with Gasteiger partial charge in [-0.05, 0) is 32.3 Å². The van der Waals surface area contributed by atoms with Crippen LogP contribution >= 0.6 is 0 Å². The molecule has 2 aliphatic rings. The number of ether oxygens (including phenoxy) is 2. The molecule has 0 aliphatic carbocycles. The number of nitrogens with zero attached hydrogens (tertiary/aromatic N) is 4. The molecule has 1 N–H and O–H groups in total. The summed E-state index contributed by atoms with van der Waals surface area (Å²) in [5.74, 6) is -0.247. The van der Waals surface area contributed by atoms with Gasteiger partial charge in [0.05, 0.1) is 25.5 Å². The number of benzene rings is 1. The fourth-order valence-corrected chi connectivity index (χ4v) is 3.85. The van der Waals surface area contributed by atoms with E-state index in [1.807, 2.05) is 6.92 Å². The van der Waals surface area contributed by atoms with Gasteiger partial charge in [0.15, 0.2) is 5.69 Å². The van der Waals surface area contributed by atoms with Crippen LogP contribution in [0.1, 0.15) is 53.2 Å². The van der Waals surface area contributed by atoms with E-state index in [0.717, 1.165) is 5.56 Å². The SMILES string of the molecule is CCOC(=O)N1CCC(NC(=O)c2nnn3c2COC(c2ccc(C)cc2)C3)CC1. The minimum Gasteiger partial charge on any atom is -0.450 e. The Morgan fingerprint density at radius 3 is 2.67 bits per heavy atom. The third-order valence-corrected chi connectivity index (χ3v) is 5.62. The fourth-order valence-electron chi connectivity index (χ4n) is 3.85. The summed E-state index contributed by atoms with van der Waals surface area (Å²) in [7, 11) is 0. The number of nitrogens with one attached hydrogen (secondary N) is 1. The smallest absolute Gasteiger partial charge is 0.409 e. The number of amides is 2. The Morgan fingerprint density at radius 1 is 1.23 bits per heavy atom. The highest BCUT2D eigenvalue weighted by Crippen LogP contribution is 2.27. The molecule has 1 unspecified atom stereocenters. The highest BCUT2D eigenvalue weighted by atomic mass is 16.6. The molecule has 1 fully saturated rings. The van der Waals surface area contributed by atoms with Crippen molar-refractivity contribution in [1.29, 1.82) is 0 Å². The summed E-state index contributed by atoms with van der Waals surface area (Å²) >= 11 is 0. The van der Waals surface area contributed by atoms with Gasteiger partial charge in [-0.25, -0.2) is 9.48 Å². The van der Waals surface area contributed by atoms with E-state index < -0.39 is 0 Å². The summed E-state index contributed by atoms with van der Waals surface area (Å²) in [6.07, 6.45) is 0.956. The van der Waals surface area contributed by atoms with Gasteiger partial charge in [0.1, 0.15) is 6.10 Å². The maximum Gasteiger partial charge on any atom is 0.409 e. The predicted molar refractivity (Wildman–Crippen MR) is 108 cm³/mol. The first-order valence-electron chi connectivity index (χ1n) is 10.4. The van der Waals surface area contributed by atoms with Crippen LogP contribution in [0.4, 0.5) is 4.79 Å². The maximum atomic E-state index is 12.8. The van der Waals surface area contributed by atoms with E-state index in [-0.39, 0.29) is 30.8 Å². The van der Waals surface area contributed by atoms with Crippen LogP contribution in [0.15, 0.2) is 24.3 Å². The van der Waals surface area contributed by atoms with Crippen molar-refractivity contribution in [1.82, 2.24) is 25.2 Å². The van der Waals surface area contributed by atoms with E-state index in [0.29, 0.717) is 50.5 Å². The van der Waals surface area contributed by atoms with Gasteiger partial charge >= 0.3 is 6.09 Å². The standard InChI is InChI=1S/C21H27N5O4/c1-3-29-21(28)25-10-8-16(9-11-25)22-20(27)19-17-13-30-18(12-26(17)24-23-19)15-6-4-14(2)5-7-15/h4-7,16,18H,3,8-13H2,1-2H3,(H,22,27). The molecule has 2 aromatic rings. The van der Waals surface area contributed by atoms with Gasteiger partial charge in [0, 0.05) is 19.1 Å². The molecule has 1 aromatic carbocycles. The van der Waals surface area contributed by atoms with E-state index in [4.69, 9.17) is 9.47 Å². The zero-order valence-electron chi connectivity index (χ0n) is 17.3. The Hall–Kier alpha value is -2.94. The van der Waals surface area contributed by atoms with Gasteiger partial charge in [-0.1, -0.05) is 35.0 Å². The Morgan fingerprint density at radius 2 is 1.97 bits per heavy atom. The monoisotopic (exact) mass is 413 g/mol. The fraction of sp³-hybridized carbons (Fsp3) is 0.524. The maximum absolute atomic E-state index is 12.8. The van der Waals surface area contributed by atoms with Crippen molar-refractivity contribution in [3.05, 3.63) is 46.8 Å². The van der Waals surface area contributed by atoms with Crippen LogP contribution < -0.4 is 5.32 Å². The summed E-state index contributed by atoms with van der Waals surface area (Å²) in [4.78, 5) is 26.2. The number of carbonyl (C=O) groups is 2. The second kappa shape index (κ2) is 8.83. The number of likely N-dealkylation sites (tertiary alicyclic amines) is 1. The Labute approximate surface area is 175 Å². The van der Waals surface area contributed by atoms with Crippen molar-refractivity contribution in [3.63, 3.8) is 0 Å². The van der Waals surface area contributed by atoms with Gasteiger partial charge in [-0.2, -0.15) is 0 Å². The molecular formula is C21H27N5O4. The van der Waals surface area contributed by atoms with Crippen LogP contribution in [-0.2, 0) is 22.6 Å². The molecule has 1 aromatic heterocycles. The molecular weight excluding hydrogens is 386 g/mol. The molecule has 1 atom stereocenters. The van der Waals surface area contributed by atoms with Crippen LogP contribution in [0.3, 0.4) is 0 Å². The lowest BCUT2D eigenvalue weighted by atomic mass is 10.0. The lowest BCUT2D eigenvalue weighted by molar-refractivity contribution is -0.00180. The van der Waals surface area contributed by atoms with Crippen molar-refractivity contribution in [2.45, 2.75) is 52.0 Å². The second-order valence-electron chi connectivity index (χ2n) is 7.71. The number of hydrogen-bond donors (Lipinski definition) is 1. The van der Waals surface area contributed by atoms with Crippen molar-refractivity contribution in [2.75, 3.05) is 19.7 Å². The quantitative estimate of drug-likeness (QED) is 0.825. The van der Waals surface area contributed by atoms with Crippen molar-refractivity contribution >= 4 is 12.0 Å². The van der Waals surface area contributed by atoms with E-state index in [2.05, 4.69) is 39.9 Å². The van der Waals surface area contributed by atoms with Crippen LogP contribution in [-0.4, -0.2) is 57.6 Å². The topological polar surface area (TPSA) is 98.6 Å². The summed E-state index contributed by atoms with van der Waals surface area (Å²) in [5.41, 5.74) is 3.29. The van der Waals surface area contributed by atoms with Gasteiger partial charge in [0.25, 0.3) is 5.91 Å². The van der Waals surface area contributed by atoms with E-state index in [1.165, 1.54) is 5.56 Å². The summed E-state index contributed by atoms with van der Waals surface area (Å²) in [6, 6.07) is 8.21. The number of piperidine rings is 1. The average molecular weight is 413 g/mol. The molecule has 9 nitrogen and oxygen atoms in total. The molecule has 0 saturated carbocycles. The zero-order valence-corrected chi connectivity index (χ0v) is 17.3. The average Bonchev–Trinajstić information content (AvgIpc) is 3.18. The highest BCUT2D eigenvalue weighted by molar-refractivity contribution is 5.93. The van der Waals surface area contributed by atoms with Gasteiger partial charge in [-0.3, -0.25) is 4.79 Å². The minimum atomic E-state index is -0.296. The second-order valence-corrected chi connectivity index (χ2v) is 7.71. The first kappa shape index (κ1) is 20.3. The van der Waals surface area contributed by atoms with Gasteiger partial charge < -0.3 is 19.7 Å². The lowest BCUT2D eigenvalue weighted by Crippen LogP contribution is -2.47. The molecule has 160 valence electrons. The molecule has 0 radical (unpaired) electrons. The minimum absolute atomic E-state index is 0.00894. The van der Waals surface area contributed by atoms with E-state index in [9.17, 15) is 9.59 Å². The van der Waals surface area contributed by atoms with Crippen LogP contribution in [0, 0.1) is 6.92 Å². The number of carbonyl (C=O) groups excluding carboxylic acids is 2. The third-order valence-electron chi connectivity index (χ3n) is 5.62. The molecule has 2 amide bonds. The molecule has 0 bridgehead atoms. The number of rotatable bonds is 4. The Kier molecular flexibility index (Phi) is 5.98. The molecule has 3 heterocycles. The molecule has 2 aliphatic heterocycles. The summed E-state index contributed by atoms with van der Waals surface area (Å²) in [5, 5.41) is 11.3. The van der Waals surface area contributed by atoms with Gasteiger partial charge in [-0.15, -0.1) is 5.10 Å². The van der Waals surface area contributed by atoms with Crippen LogP contribution in [0.25, 0.3) is 0 Å². The van der Waals surface area contributed by atoms with Crippen molar-refractivity contribution < 1.29 is 19.1 Å². The molecule has 0 spiro atoms. The lowest BCUT2D eigenvalue weighted by Gasteiger charge is -2.31. The summed E-state index contributed by atoms with van der Waals surface area (Å²) in [6.45, 7) is 6.13. The molecule has 9 heteroatoms. The first-order chi connectivity index (χ1) is 14.5. The largest absolute Gasteiger partial charge is 0.450 e. The van der Waals surface area contributed by atoms with Crippen molar-refractivity contribution in [3.8, 4) is 0 Å². The molecule has 4 rings (SSSR count). The third kappa shape index (κ3) is 4.30. The highest BCUT2D eigenvalue weighted by Gasteiger charge is 2.30. The van der Waals surface area contributed by atoms with E-state index >= 15 is 0 Å². The number of aryl methyl sites for hydroxylation is 1. The number of hydrogen-bond acceptors (Lipinski definition) is 6. The first-order valence-corrected chi connectivity index (χ1v) is 10.4. The Balaban J connectivity index is 1.35. The van der Waals surface area contributed by atoms with Crippen molar-refractivity contribution in [2.24, 2.45) is 0 Å². The Bertz CT molecular complexity index is 903. The number of aromatic nitrogens is 3. The molecule has 30 heavy (non-hydrogen) atoms. The normalized spacial score (nSPS) is 19.3. The number of fused-ring (bicyclic) bond motifs is 1. The molecule has 1 saturated heterocycles. The zero-order chi connectivity index (χ0) is 21.1. The predicted octanol–water partition coefficient (Wildman–Crippen LogP) is 2.21. The summed E-state index contributed by atoms with van der Waals surface area (Å²) < 4.78 is 12.8. The van der Waals surface area contributed by atoms with Gasteiger partial charge in [0.2, 0.25) is 0 Å². The van der Waals surface area contributed by atoms with Crippen LogP contribution in [0.5, 0.6) is 0 Å².